The summed E-state index contributed by atoms with van der Waals surface area (Å²) in [6.07, 6.45) is 2.34. The fourth-order valence-corrected chi connectivity index (χ4v) is 0.506. The normalized spacial score (nSPS) is 8.82. The molecule has 0 bridgehead atoms. The number of nitrogens with one attached hydrogen (secondary N) is 1. The molecule has 11 heavy (non-hydrogen) atoms. The van der Waals surface area contributed by atoms with Gasteiger partial charge in [-0.05, 0) is 6.42 Å². The molecule has 0 aromatic rings. The topological polar surface area (TPSA) is 55.4 Å². The zero-order valence-electron chi connectivity index (χ0n) is 6.63. The maximum absolute atomic E-state index is 10.6. The number of rotatable bonds is 6. The van der Waals surface area contributed by atoms with E-state index in [2.05, 4.69) is 5.32 Å². The molecule has 1 amide bonds. The van der Waals surface area contributed by atoms with Crippen molar-refractivity contribution in [2.75, 3.05) is 13.2 Å². The number of ether oxygens (including phenoxy) is 1. The molecular formula is C7H13NO3. The predicted molar refractivity (Wildman–Crippen MR) is 39.9 cm³/mol. The average molecular weight is 160 g/mol. The Kier molecular flexibility index (Phi) is 6.37. The van der Waals surface area contributed by atoms with Crippen molar-refractivity contribution in [2.24, 2.45) is 0 Å². The second-order valence-corrected chi connectivity index (χ2v) is 2.07. The smallest absolute Gasteiger partial charge is 0.325 e. The van der Waals surface area contributed by atoms with Gasteiger partial charge in [-0.1, -0.05) is 13.3 Å². The quantitative estimate of drug-likeness (QED) is 0.259. The summed E-state index contributed by atoms with van der Waals surface area (Å²) in [5.74, 6) is -0.384. The van der Waals surface area contributed by atoms with Crippen molar-refractivity contribution in [3.63, 3.8) is 0 Å². The number of unbranched alkanes of at least 4 members (excludes halogenated alkanes) is 1. The van der Waals surface area contributed by atoms with Crippen LogP contribution in [0.4, 0.5) is 0 Å². The zero-order chi connectivity index (χ0) is 8.53. The largest absolute Gasteiger partial charge is 0.464 e. The first-order valence-corrected chi connectivity index (χ1v) is 3.64. The maximum Gasteiger partial charge on any atom is 0.325 e. The van der Waals surface area contributed by atoms with E-state index in [1.807, 2.05) is 6.92 Å². The molecule has 0 saturated carbocycles. The molecule has 0 unspecified atom stereocenters. The van der Waals surface area contributed by atoms with Crippen LogP contribution in [-0.4, -0.2) is 25.5 Å². The second-order valence-electron chi connectivity index (χ2n) is 2.07. The molecule has 0 rings (SSSR count). The van der Waals surface area contributed by atoms with Gasteiger partial charge in [0.25, 0.3) is 0 Å². The van der Waals surface area contributed by atoms with Crippen molar-refractivity contribution >= 4 is 12.4 Å². The summed E-state index contributed by atoms with van der Waals surface area (Å²) >= 11 is 0. The summed E-state index contributed by atoms with van der Waals surface area (Å²) in [5, 5.41) is 2.22. The summed E-state index contributed by atoms with van der Waals surface area (Å²) in [4.78, 5) is 20.4. The third-order valence-corrected chi connectivity index (χ3v) is 1.09. The molecule has 0 aromatic carbocycles. The van der Waals surface area contributed by atoms with Crippen molar-refractivity contribution in [2.45, 2.75) is 19.8 Å². The average Bonchev–Trinajstić information content (AvgIpc) is 2.01. The second kappa shape index (κ2) is 7.05. The molecule has 0 aromatic heterocycles. The van der Waals surface area contributed by atoms with Crippen LogP contribution in [-0.2, 0) is 14.3 Å². The number of hydrogen-bond acceptors (Lipinski definition) is 3. The van der Waals surface area contributed by atoms with Crippen molar-refractivity contribution in [1.29, 1.82) is 0 Å². The summed E-state index contributed by atoms with van der Waals surface area (Å²) in [7, 11) is 0. The summed E-state index contributed by atoms with van der Waals surface area (Å²) in [5.41, 5.74) is 0. The lowest BCUT2D eigenvalue weighted by Gasteiger charge is -2.01. The van der Waals surface area contributed by atoms with E-state index in [9.17, 15) is 9.59 Å². The Balaban J connectivity index is 3.15. The molecule has 0 saturated heterocycles. The molecule has 0 radical (unpaired) electrons. The van der Waals surface area contributed by atoms with E-state index in [4.69, 9.17) is 4.74 Å². The molecule has 0 heterocycles. The molecule has 0 aliphatic carbocycles. The molecule has 0 atom stereocenters. The van der Waals surface area contributed by atoms with Crippen LogP contribution in [0.3, 0.4) is 0 Å². The molecule has 1 N–H and O–H groups in total. The number of carbonyl (C=O) groups is 2. The Bertz CT molecular complexity index is 125. The standard InChI is InChI=1S/C7H13NO3/c1-2-3-4-11-7(10)5-8-6-9/h6H,2-5H2,1H3,(H,8,9)/i8+1. The van der Waals surface area contributed by atoms with Gasteiger partial charge in [-0.25, -0.2) is 0 Å². The van der Waals surface area contributed by atoms with E-state index in [0.29, 0.717) is 13.0 Å². The molecular weight excluding hydrogens is 147 g/mol. The Hall–Kier alpha value is -1.06. The number of amides is 1. The highest BCUT2D eigenvalue weighted by molar-refractivity contribution is 5.73. The van der Waals surface area contributed by atoms with Crippen molar-refractivity contribution in [1.82, 2.24) is 5.32 Å². The lowest BCUT2D eigenvalue weighted by atomic mass is 10.4. The van der Waals surface area contributed by atoms with Gasteiger partial charge >= 0.3 is 5.97 Å². The third-order valence-electron chi connectivity index (χ3n) is 1.09. The summed E-state index contributed by atoms with van der Waals surface area (Å²) < 4.78 is 4.72. The molecule has 4 heteroatoms. The summed E-state index contributed by atoms with van der Waals surface area (Å²) in [6.45, 7) is 2.42. The molecule has 4 nitrogen and oxygen atoms in total. The fraction of sp³-hybridized carbons (Fsp3) is 0.714. The van der Waals surface area contributed by atoms with Gasteiger partial charge in [0.15, 0.2) is 0 Å². The van der Waals surface area contributed by atoms with E-state index in [0.717, 1.165) is 12.8 Å². The van der Waals surface area contributed by atoms with Crippen LogP contribution < -0.4 is 5.32 Å². The highest BCUT2D eigenvalue weighted by Gasteiger charge is 1.98. The van der Waals surface area contributed by atoms with Crippen molar-refractivity contribution in [3.8, 4) is 0 Å². The van der Waals surface area contributed by atoms with E-state index in [-0.39, 0.29) is 12.5 Å². The number of hydrogen-bond donors (Lipinski definition) is 1. The molecule has 64 valence electrons. The molecule has 0 fully saturated rings. The minimum atomic E-state index is -0.384. The highest BCUT2D eigenvalue weighted by atomic mass is 16.5. The predicted octanol–water partition coefficient (Wildman–Crippen LogP) is 0.0757. The zero-order valence-corrected chi connectivity index (χ0v) is 6.63. The van der Waals surface area contributed by atoms with Crippen LogP contribution in [0.2, 0.25) is 0 Å². The van der Waals surface area contributed by atoms with Gasteiger partial charge in [0.05, 0.1) is 6.61 Å². The molecule has 0 aliphatic rings. The molecule has 0 spiro atoms. The fourth-order valence-electron chi connectivity index (χ4n) is 0.506. The SMILES string of the molecule is CCCCOC(=O)C[15NH]C=O. The van der Waals surface area contributed by atoms with Crippen molar-refractivity contribution in [3.05, 3.63) is 0 Å². The van der Waals surface area contributed by atoms with Gasteiger partial charge in [0.2, 0.25) is 6.41 Å². The van der Waals surface area contributed by atoms with Gasteiger partial charge < -0.3 is 10.1 Å². The van der Waals surface area contributed by atoms with E-state index in [1.165, 1.54) is 0 Å². The Morgan fingerprint density at radius 2 is 2.36 bits per heavy atom. The third kappa shape index (κ3) is 6.83. The van der Waals surface area contributed by atoms with Gasteiger partial charge in [0, 0.05) is 0 Å². The minimum Gasteiger partial charge on any atom is -0.464 e. The first-order valence-electron chi connectivity index (χ1n) is 3.64. The van der Waals surface area contributed by atoms with E-state index >= 15 is 0 Å². The van der Waals surface area contributed by atoms with Crippen LogP contribution >= 0.6 is 0 Å². The monoisotopic (exact) mass is 160 g/mol. The molecule has 0 aliphatic heterocycles. The Morgan fingerprint density at radius 3 is 2.91 bits per heavy atom. The van der Waals surface area contributed by atoms with E-state index < -0.39 is 0 Å². The van der Waals surface area contributed by atoms with Crippen LogP contribution in [0.5, 0.6) is 0 Å². The van der Waals surface area contributed by atoms with Crippen LogP contribution in [0.25, 0.3) is 0 Å². The minimum absolute atomic E-state index is 0.0345. The Labute approximate surface area is 65.9 Å². The first kappa shape index (κ1) is 9.94. The summed E-state index contributed by atoms with van der Waals surface area (Å²) in [6, 6.07) is 0. The number of carbonyl (C=O) groups excluding carboxylic acids is 2. The van der Waals surface area contributed by atoms with Crippen LogP contribution in [0.1, 0.15) is 19.8 Å². The number of esters is 1. The van der Waals surface area contributed by atoms with Gasteiger partial charge in [-0.3, -0.25) is 9.59 Å². The van der Waals surface area contributed by atoms with Gasteiger partial charge in [-0.15, -0.1) is 0 Å². The first-order chi connectivity index (χ1) is 5.31. The maximum atomic E-state index is 10.6. The van der Waals surface area contributed by atoms with E-state index in [1.54, 1.807) is 0 Å². The Morgan fingerprint density at radius 1 is 1.64 bits per heavy atom. The van der Waals surface area contributed by atoms with Gasteiger partial charge in [0.1, 0.15) is 6.54 Å². The van der Waals surface area contributed by atoms with Crippen molar-refractivity contribution < 1.29 is 14.3 Å². The van der Waals surface area contributed by atoms with Crippen LogP contribution in [0, 0.1) is 0 Å². The van der Waals surface area contributed by atoms with Gasteiger partial charge in [-0.2, -0.15) is 0 Å². The lowest BCUT2D eigenvalue weighted by molar-refractivity contribution is -0.143. The lowest BCUT2D eigenvalue weighted by Crippen LogP contribution is -2.23. The highest BCUT2D eigenvalue weighted by Crippen LogP contribution is 1.87. The van der Waals surface area contributed by atoms with Crippen LogP contribution in [0.15, 0.2) is 0 Å².